The average Bonchev–Trinajstić information content (AvgIpc) is 3.03. The maximum Gasteiger partial charge on any atom is 0.234 e. The van der Waals surface area contributed by atoms with Gasteiger partial charge in [0.25, 0.3) is 0 Å². The van der Waals surface area contributed by atoms with E-state index in [1.165, 1.54) is 28.9 Å². The van der Waals surface area contributed by atoms with Gasteiger partial charge in [0.05, 0.1) is 26.5 Å². The highest BCUT2D eigenvalue weighted by Gasteiger charge is 2.15. The predicted molar refractivity (Wildman–Crippen MR) is 112 cm³/mol. The van der Waals surface area contributed by atoms with Gasteiger partial charge in [-0.15, -0.1) is 10.2 Å². The minimum Gasteiger partial charge on any atom is -0.482 e. The van der Waals surface area contributed by atoms with E-state index < -0.39 is 5.82 Å². The molecule has 0 aliphatic rings. The predicted octanol–water partition coefficient (Wildman–Crippen LogP) is 4.40. The summed E-state index contributed by atoms with van der Waals surface area (Å²) < 4.78 is 20.1. The minimum atomic E-state index is -0.497. The molecule has 12 heteroatoms. The van der Waals surface area contributed by atoms with Gasteiger partial charge in [-0.3, -0.25) is 4.79 Å². The summed E-state index contributed by atoms with van der Waals surface area (Å²) in [6, 6.07) is 8.86. The summed E-state index contributed by atoms with van der Waals surface area (Å²) in [4.78, 5) is 12.2. The molecular formula is C17H13Cl3FN5O2S. The number of nitrogens with zero attached hydrogens (tertiary/aromatic N) is 3. The van der Waals surface area contributed by atoms with E-state index in [1.807, 2.05) is 0 Å². The highest BCUT2D eigenvalue weighted by molar-refractivity contribution is 7.99. The van der Waals surface area contributed by atoms with E-state index in [0.29, 0.717) is 5.69 Å². The zero-order valence-corrected chi connectivity index (χ0v) is 17.6. The van der Waals surface area contributed by atoms with Gasteiger partial charge in [0.1, 0.15) is 6.61 Å². The van der Waals surface area contributed by atoms with Crippen LogP contribution in [0.15, 0.2) is 41.6 Å². The Kier molecular flexibility index (Phi) is 7.07. The number of hydrogen-bond donors (Lipinski definition) is 2. The van der Waals surface area contributed by atoms with Crippen molar-refractivity contribution in [3.05, 3.63) is 63.1 Å². The molecule has 2 aromatic carbocycles. The fraction of sp³-hybridized carbons (Fsp3) is 0.118. The third-order valence-corrected chi connectivity index (χ3v) is 5.52. The number of amides is 1. The van der Waals surface area contributed by atoms with Crippen LogP contribution in [0.2, 0.25) is 15.1 Å². The standard InChI is InChI=1S/C17H13Cl3FN5O2S/c18-9-5-11(20)13(6-10(9)19)23-16(27)8-29-17-25-24-15(26(17)22)7-28-14-4-2-1-3-12(14)21/h1-6H,7-8,22H2,(H,23,27). The molecule has 0 aliphatic heterocycles. The average molecular weight is 477 g/mol. The van der Waals surface area contributed by atoms with E-state index in [1.54, 1.807) is 12.1 Å². The summed E-state index contributed by atoms with van der Waals surface area (Å²) >= 11 is 18.9. The summed E-state index contributed by atoms with van der Waals surface area (Å²) in [7, 11) is 0. The van der Waals surface area contributed by atoms with Gasteiger partial charge in [0.2, 0.25) is 11.1 Å². The number of nitrogens with one attached hydrogen (secondary N) is 1. The van der Waals surface area contributed by atoms with Crippen molar-refractivity contribution in [1.29, 1.82) is 0 Å². The van der Waals surface area contributed by atoms with E-state index >= 15 is 0 Å². The smallest absolute Gasteiger partial charge is 0.234 e. The maximum absolute atomic E-state index is 13.6. The van der Waals surface area contributed by atoms with Crippen molar-refractivity contribution >= 4 is 58.2 Å². The first-order valence-electron chi connectivity index (χ1n) is 7.99. The highest BCUT2D eigenvalue weighted by atomic mass is 35.5. The van der Waals surface area contributed by atoms with Crippen LogP contribution in [0.3, 0.4) is 0 Å². The molecule has 0 bridgehead atoms. The molecule has 3 aromatic rings. The topological polar surface area (TPSA) is 95.1 Å². The number of hydrogen-bond acceptors (Lipinski definition) is 6. The van der Waals surface area contributed by atoms with Crippen LogP contribution in [-0.4, -0.2) is 26.5 Å². The summed E-state index contributed by atoms with van der Waals surface area (Å²) in [5.41, 5.74) is 0.333. The molecule has 0 aliphatic carbocycles. The second-order valence-corrected chi connectivity index (χ2v) is 7.74. The number of halogens is 4. The van der Waals surface area contributed by atoms with Crippen molar-refractivity contribution in [2.45, 2.75) is 11.8 Å². The number of nitrogens with two attached hydrogens (primary N) is 1. The largest absolute Gasteiger partial charge is 0.482 e. The number of rotatable bonds is 7. The third kappa shape index (κ3) is 5.45. The molecule has 0 unspecified atom stereocenters. The molecule has 0 spiro atoms. The van der Waals surface area contributed by atoms with Crippen molar-refractivity contribution in [2.75, 3.05) is 16.9 Å². The maximum atomic E-state index is 13.6. The first kappa shape index (κ1) is 21.5. The van der Waals surface area contributed by atoms with Gasteiger partial charge in [-0.25, -0.2) is 9.07 Å². The molecule has 0 saturated heterocycles. The van der Waals surface area contributed by atoms with E-state index in [0.717, 1.165) is 11.8 Å². The number of benzene rings is 2. The van der Waals surface area contributed by atoms with Crippen LogP contribution in [0, 0.1) is 5.82 Å². The Hall–Kier alpha value is -2.20. The van der Waals surface area contributed by atoms with Crippen LogP contribution in [-0.2, 0) is 11.4 Å². The Morgan fingerprint density at radius 3 is 2.66 bits per heavy atom. The van der Waals surface area contributed by atoms with Crippen LogP contribution in [0.25, 0.3) is 0 Å². The molecule has 3 rings (SSSR count). The minimum absolute atomic E-state index is 0.0138. The Balaban J connectivity index is 1.57. The fourth-order valence-corrected chi connectivity index (χ4v) is 3.41. The molecule has 152 valence electrons. The van der Waals surface area contributed by atoms with Crippen LogP contribution in [0.1, 0.15) is 5.82 Å². The SMILES string of the molecule is Nn1c(COc2ccccc2F)nnc1SCC(=O)Nc1cc(Cl)c(Cl)cc1Cl. The zero-order valence-electron chi connectivity index (χ0n) is 14.5. The number of thioether (sulfide) groups is 1. The van der Waals surface area contributed by atoms with E-state index in [9.17, 15) is 9.18 Å². The Bertz CT molecular complexity index is 1050. The number of ether oxygens (including phenoxy) is 1. The van der Waals surface area contributed by atoms with Crippen molar-refractivity contribution < 1.29 is 13.9 Å². The number of aromatic nitrogens is 3. The van der Waals surface area contributed by atoms with Crippen LogP contribution >= 0.6 is 46.6 Å². The Morgan fingerprint density at radius 1 is 1.17 bits per heavy atom. The summed E-state index contributed by atoms with van der Waals surface area (Å²) in [5.74, 6) is 5.39. The summed E-state index contributed by atoms with van der Waals surface area (Å²) in [6.07, 6.45) is 0. The monoisotopic (exact) mass is 475 g/mol. The van der Waals surface area contributed by atoms with Crippen molar-refractivity contribution in [3.63, 3.8) is 0 Å². The van der Waals surface area contributed by atoms with Gasteiger partial charge >= 0.3 is 0 Å². The van der Waals surface area contributed by atoms with Gasteiger partial charge in [-0.2, -0.15) is 0 Å². The van der Waals surface area contributed by atoms with Crippen LogP contribution in [0.5, 0.6) is 5.75 Å². The highest BCUT2D eigenvalue weighted by Crippen LogP contribution is 2.32. The lowest BCUT2D eigenvalue weighted by Crippen LogP contribution is -2.18. The molecule has 0 radical (unpaired) electrons. The van der Waals surface area contributed by atoms with Crippen molar-refractivity contribution in [3.8, 4) is 5.75 Å². The molecule has 1 heterocycles. The van der Waals surface area contributed by atoms with Gasteiger partial charge in [-0.1, -0.05) is 58.7 Å². The molecular weight excluding hydrogens is 464 g/mol. The van der Waals surface area contributed by atoms with E-state index in [2.05, 4.69) is 15.5 Å². The number of nitrogen functional groups attached to an aromatic ring is 1. The molecule has 29 heavy (non-hydrogen) atoms. The van der Waals surface area contributed by atoms with Gasteiger partial charge in [0.15, 0.2) is 17.4 Å². The summed E-state index contributed by atoms with van der Waals surface area (Å²) in [5, 5.41) is 11.5. The molecule has 0 saturated carbocycles. The number of para-hydroxylation sites is 1. The zero-order chi connectivity index (χ0) is 21.0. The van der Waals surface area contributed by atoms with Crippen molar-refractivity contribution in [2.24, 2.45) is 0 Å². The number of carbonyl (C=O) groups excluding carboxylic acids is 1. The number of anilines is 1. The second kappa shape index (κ2) is 9.53. The van der Waals surface area contributed by atoms with E-state index in [4.69, 9.17) is 45.4 Å². The molecule has 7 nitrogen and oxygen atoms in total. The number of carbonyl (C=O) groups is 1. The quantitative estimate of drug-likeness (QED) is 0.298. The Labute approximate surface area is 184 Å². The lowest BCUT2D eigenvalue weighted by molar-refractivity contribution is -0.113. The lowest BCUT2D eigenvalue weighted by Gasteiger charge is -2.09. The normalized spacial score (nSPS) is 10.8. The lowest BCUT2D eigenvalue weighted by atomic mass is 10.3. The summed E-state index contributed by atoms with van der Waals surface area (Å²) in [6.45, 7) is -0.0872. The molecule has 0 atom stereocenters. The fourth-order valence-electron chi connectivity index (χ4n) is 2.14. The van der Waals surface area contributed by atoms with Gasteiger partial charge in [-0.05, 0) is 24.3 Å². The van der Waals surface area contributed by atoms with Crippen molar-refractivity contribution in [1.82, 2.24) is 14.9 Å². The van der Waals surface area contributed by atoms with Crippen LogP contribution < -0.4 is 15.9 Å². The molecule has 3 N–H and O–H groups in total. The van der Waals surface area contributed by atoms with E-state index in [-0.39, 0.29) is 50.1 Å². The van der Waals surface area contributed by atoms with Gasteiger partial charge in [0, 0.05) is 0 Å². The third-order valence-electron chi connectivity index (χ3n) is 3.54. The Morgan fingerprint density at radius 2 is 1.90 bits per heavy atom. The molecule has 1 aromatic heterocycles. The van der Waals surface area contributed by atoms with Crippen LogP contribution in [0.4, 0.5) is 10.1 Å². The van der Waals surface area contributed by atoms with Gasteiger partial charge < -0.3 is 15.9 Å². The first-order chi connectivity index (χ1) is 13.8. The second-order valence-electron chi connectivity index (χ2n) is 5.57. The molecule has 1 amide bonds. The molecule has 0 fully saturated rings. The first-order valence-corrected chi connectivity index (χ1v) is 10.1.